The van der Waals surface area contributed by atoms with Gasteiger partial charge in [0, 0.05) is 22.5 Å². The van der Waals surface area contributed by atoms with Crippen LogP contribution >= 0.6 is 0 Å². The van der Waals surface area contributed by atoms with Crippen LogP contribution in [-0.4, -0.2) is 11.7 Å². The minimum absolute atomic E-state index is 0.0635. The van der Waals surface area contributed by atoms with Crippen molar-refractivity contribution in [1.29, 1.82) is 10.8 Å². The van der Waals surface area contributed by atoms with Crippen LogP contribution in [0.25, 0.3) is 0 Å². The Morgan fingerprint density at radius 1 is 0.762 bits per heavy atom. The summed E-state index contributed by atoms with van der Waals surface area (Å²) in [6, 6.07) is 13.9. The van der Waals surface area contributed by atoms with E-state index in [1.807, 2.05) is 0 Å². The van der Waals surface area contributed by atoms with Crippen molar-refractivity contribution in [3.8, 4) is 0 Å². The molecule has 2 aromatic carbocycles. The van der Waals surface area contributed by atoms with E-state index < -0.39 is 0 Å². The molecule has 0 fully saturated rings. The number of hydrogen-bond acceptors (Lipinski definition) is 5. The van der Waals surface area contributed by atoms with Gasteiger partial charge in [-0.3, -0.25) is 16.7 Å². The van der Waals surface area contributed by atoms with Gasteiger partial charge in [-0.1, -0.05) is 0 Å². The largest absolute Gasteiger partial charge is 0.399 e. The van der Waals surface area contributed by atoms with E-state index >= 15 is 0 Å². The summed E-state index contributed by atoms with van der Waals surface area (Å²) in [4.78, 5) is 0. The van der Waals surface area contributed by atoms with Gasteiger partial charge in [-0.05, 0) is 48.5 Å². The van der Waals surface area contributed by atoms with Gasteiger partial charge in [0.05, 0.1) is 0 Å². The Kier molecular flexibility index (Phi) is 5.72. The molecule has 11 N–H and O–H groups in total. The third kappa shape index (κ3) is 5.21. The molecule has 110 valence electrons. The fourth-order valence-electron chi connectivity index (χ4n) is 1.41. The van der Waals surface area contributed by atoms with Crippen LogP contribution < -0.4 is 28.5 Å². The van der Waals surface area contributed by atoms with Crippen LogP contribution in [0.5, 0.6) is 0 Å². The molecule has 0 aliphatic rings. The highest BCUT2D eigenvalue weighted by Gasteiger charge is 1.94. The van der Waals surface area contributed by atoms with Gasteiger partial charge in [0.25, 0.3) is 0 Å². The number of benzene rings is 2. The lowest BCUT2D eigenvalue weighted by atomic mass is 10.2. The summed E-state index contributed by atoms with van der Waals surface area (Å²) in [7, 11) is 0. The number of nitrogen functional groups attached to an aromatic ring is 4. The molecule has 0 unspecified atom stereocenters. The normalized spacial score (nSPS) is 9.19. The lowest BCUT2D eigenvalue weighted by Gasteiger charge is -2.00. The van der Waals surface area contributed by atoms with Gasteiger partial charge >= 0.3 is 0 Å². The second kappa shape index (κ2) is 7.51. The lowest BCUT2D eigenvalue weighted by molar-refractivity contribution is 1.34. The number of anilines is 2. The predicted octanol–water partition coefficient (Wildman–Crippen LogP) is 0.809. The van der Waals surface area contributed by atoms with Gasteiger partial charge in [-0.15, -0.1) is 0 Å². The van der Waals surface area contributed by atoms with E-state index in [1.54, 1.807) is 48.5 Å². The predicted molar refractivity (Wildman–Crippen MR) is 87.1 cm³/mol. The maximum atomic E-state index is 7.09. The molecule has 0 amide bonds. The van der Waals surface area contributed by atoms with Crippen molar-refractivity contribution in [1.82, 2.24) is 0 Å². The van der Waals surface area contributed by atoms with Crippen molar-refractivity contribution in [2.24, 2.45) is 17.3 Å². The highest BCUT2D eigenvalue weighted by molar-refractivity contribution is 5.95. The van der Waals surface area contributed by atoms with Gasteiger partial charge in [-0.25, -0.2) is 0 Å². The van der Waals surface area contributed by atoms with E-state index in [9.17, 15) is 0 Å². The molecule has 0 bridgehead atoms. The summed E-state index contributed by atoms with van der Waals surface area (Å²) in [5, 5.41) is 14.1. The summed E-state index contributed by atoms with van der Waals surface area (Å²) in [5.74, 6) is 5.27. The first kappa shape index (κ1) is 16.0. The monoisotopic (exact) mass is 285 g/mol. The van der Waals surface area contributed by atoms with Crippen LogP contribution in [0.2, 0.25) is 0 Å². The van der Waals surface area contributed by atoms with E-state index in [2.05, 4.69) is 5.43 Å². The molecule has 0 radical (unpaired) electrons. The Bertz CT molecular complexity index is 602. The molecule has 2 rings (SSSR count). The van der Waals surface area contributed by atoms with Crippen LogP contribution in [-0.2, 0) is 0 Å². The molecule has 0 atom stereocenters. The molecule has 21 heavy (non-hydrogen) atoms. The molecular formula is C14H19N7. The zero-order valence-corrected chi connectivity index (χ0v) is 11.4. The average Bonchev–Trinajstić information content (AvgIpc) is 2.48. The fourth-order valence-corrected chi connectivity index (χ4v) is 1.41. The average molecular weight is 285 g/mol. The molecule has 7 heteroatoms. The van der Waals surface area contributed by atoms with Gasteiger partial charge < -0.3 is 22.6 Å². The smallest absolute Gasteiger partial charge is 0.122 e. The van der Waals surface area contributed by atoms with E-state index in [0.29, 0.717) is 16.8 Å². The number of hydrazine groups is 1. The van der Waals surface area contributed by atoms with E-state index in [1.165, 1.54) is 0 Å². The molecule has 0 spiro atoms. The first-order valence-electron chi connectivity index (χ1n) is 6.05. The first-order chi connectivity index (χ1) is 9.93. The summed E-state index contributed by atoms with van der Waals surface area (Å²) < 4.78 is 0. The first-order valence-corrected chi connectivity index (χ1v) is 6.05. The highest BCUT2D eigenvalue weighted by atomic mass is 15.2. The minimum Gasteiger partial charge on any atom is -0.399 e. The Labute approximate surface area is 122 Å². The second-order valence-corrected chi connectivity index (χ2v) is 4.17. The van der Waals surface area contributed by atoms with E-state index in [-0.39, 0.29) is 11.7 Å². The molecule has 0 aromatic heterocycles. The summed E-state index contributed by atoms with van der Waals surface area (Å²) in [6.45, 7) is 0. The van der Waals surface area contributed by atoms with Crippen molar-refractivity contribution in [3.63, 3.8) is 0 Å². The second-order valence-electron chi connectivity index (χ2n) is 4.17. The maximum absolute atomic E-state index is 7.09. The Balaban J connectivity index is 0.000000211. The van der Waals surface area contributed by atoms with Gasteiger partial charge in [0.1, 0.15) is 11.7 Å². The molecule has 0 aliphatic carbocycles. The summed E-state index contributed by atoms with van der Waals surface area (Å²) >= 11 is 0. The summed E-state index contributed by atoms with van der Waals surface area (Å²) in [6.07, 6.45) is 0. The number of amidine groups is 2. The third-order valence-electron chi connectivity index (χ3n) is 2.58. The number of rotatable bonds is 3. The van der Waals surface area contributed by atoms with Crippen molar-refractivity contribution in [3.05, 3.63) is 59.7 Å². The standard InChI is InChI=1S/C7H10N4.C7H9N3/c8-7(9)5-1-3-6(11-10)4-2-5;8-6-3-1-5(2-4-6)7(9)10/h1-4,11H,10H2,(H3,8,9);1-4H,8H2,(H3,9,10). The van der Waals surface area contributed by atoms with Gasteiger partial charge in [-0.2, -0.15) is 0 Å². The van der Waals surface area contributed by atoms with Gasteiger partial charge in [0.15, 0.2) is 0 Å². The molecule has 0 heterocycles. The molecule has 7 nitrogen and oxygen atoms in total. The van der Waals surface area contributed by atoms with Crippen LogP contribution in [0.4, 0.5) is 11.4 Å². The van der Waals surface area contributed by atoms with Crippen molar-refractivity contribution >= 4 is 23.0 Å². The lowest BCUT2D eigenvalue weighted by Crippen LogP contribution is -2.11. The molecule has 0 saturated carbocycles. The van der Waals surface area contributed by atoms with Crippen molar-refractivity contribution in [2.45, 2.75) is 0 Å². The van der Waals surface area contributed by atoms with Crippen molar-refractivity contribution in [2.75, 3.05) is 11.2 Å². The van der Waals surface area contributed by atoms with Crippen LogP contribution in [0.15, 0.2) is 48.5 Å². The van der Waals surface area contributed by atoms with Crippen LogP contribution in [0.1, 0.15) is 11.1 Å². The number of nitrogens with one attached hydrogen (secondary N) is 3. The van der Waals surface area contributed by atoms with Gasteiger partial charge in [0.2, 0.25) is 0 Å². The maximum Gasteiger partial charge on any atom is 0.122 e. The van der Waals surface area contributed by atoms with E-state index in [0.717, 1.165) is 5.69 Å². The highest BCUT2D eigenvalue weighted by Crippen LogP contribution is 2.06. The van der Waals surface area contributed by atoms with E-state index in [4.69, 9.17) is 33.9 Å². The SMILES string of the molecule is N=C(N)c1ccc(N)cc1.N=C(N)c1ccc(NN)cc1. The summed E-state index contributed by atoms with van der Waals surface area (Å²) in [5.41, 5.74) is 21.2. The molecule has 0 saturated heterocycles. The zero-order chi connectivity index (χ0) is 15.8. The number of nitrogens with two attached hydrogens (primary N) is 4. The molecule has 0 aliphatic heterocycles. The Hall–Kier alpha value is -3.06. The fraction of sp³-hybridized carbons (Fsp3) is 0. The Morgan fingerprint density at radius 3 is 1.48 bits per heavy atom. The molecule has 2 aromatic rings. The zero-order valence-electron chi connectivity index (χ0n) is 11.4. The number of hydrogen-bond donors (Lipinski definition) is 7. The van der Waals surface area contributed by atoms with Crippen LogP contribution in [0, 0.1) is 10.8 Å². The quantitative estimate of drug-likeness (QED) is 0.145. The van der Waals surface area contributed by atoms with Crippen LogP contribution in [0.3, 0.4) is 0 Å². The third-order valence-corrected chi connectivity index (χ3v) is 2.58. The molecular weight excluding hydrogens is 266 g/mol. The van der Waals surface area contributed by atoms with Crippen molar-refractivity contribution < 1.29 is 0 Å². The topological polar surface area (TPSA) is 164 Å². The Morgan fingerprint density at radius 2 is 1.14 bits per heavy atom. The minimum atomic E-state index is 0.0635.